The third-order valence-corrected chi connectivity index (χ3v) is 3.57. The van der Waals surface area contributed by atoms with Gasteiger partial charge in [0.15, 0.2) is 10.9 Å². The average molecular weight is 357 g/mol. The Bertz CT molecular complexity index is 665. The molecule has 2 aromatic rings. The van der Waals surface area contributed by atoms with Crippen LogP contribution in [0.2, 0.25) is 5.02 Å². The molecule has 0 unspecified atom stereocenters. The number of ether oxygens (including phenoxy) is 1. The van der Waals surface area contributed by atoms with E-state index in [4.69, 9.17) is 28.6 Å². The molecule has 0 aliphatic heterocycles. The fourth-order valence-electron chi connectivity index (χ4n) is 1.93. The topological polar surface area (TPSA) is 51.1 Å². The van der Waals surface area contributed by atoms with Crippen molar-refractivity contribution in [3.8, 4) is 0 Å². The van der Waals surface area contributed by atoms with Crippen LogP contribution in [0.1, 0.15) is 12.0 Å². The predicted molar refractivity (Wildman–Crippen MR) is 93.5 cm³/mol. The number of aromatic nitrogens is 2. The molecule has 2 N–H and O–H groups in total. The van der Waals surface area contributed by atoms with E-state index in [0.717, 1.165) is 6.42 Å². The fraction of sp³-hybridized carbons (Fsp3) is 0.333. The van der Waals surface area contributed by atoms with Gasteiger partial charge in [-0.25, -0.2) is 4.39 Å². The van der Waals surface area contributed by atoms with Crippen LogP contribution in [0.3, 0.4) is 0 Å². The third-order valence-electron chi connectivity index (χ3n) is 3.05. The number of anilines is 1. The molecule has 5 nitrogen and oxygen atoms in total. The van der Waals surface area contributed by atoms with E-state index in [0.29, 0.717) is 41.2 Å². The van der Waals surface area contributed by atoms with Gasteiger partial charge in [-0.1, -0.05) is 29.8 Å². The van der Waals surface area contributed by atoms with Crippen LogP contribution < -0.4 is 10.6 Å². The zero-order chi connectivity index (χ0) is 16.7. The molecule has 1 heterocycles. The van der Waals surface area contributed by atoms with E-state index in [2.05, 4.69) is 15.7 Å². The van der Waals surface area contributed by atoms with Crippen LogP contribution in [-0.2, 0) is 11.3 Å². The van der Waals surface area contributed by atoms with E-state index in [1.165, 1.54) is 6.07 Å². The van der Waals surface area contributed by atoms with Gasteiger partial charge in [0.1, 0.15) is 10.8 Å². The largest absolute Gasteiger partial charge is 0.385 e. The molecule has 124 valence electrons. The minimum atomic E-state index is -0.274. The highest BCUT2D eigenvalue weighted by atomic mass is 35.5. The molecule has 1 aromatic carbocycles. The molecule has 0 amide bonds. The summed E-state index contributed by atoms with van der Waals surface area (Å²) < 4.78 is 20.2. The van der Waals surface area contributed by atoms with Crippen molar-refractivity contribution >= 4 is 34.7 Å². The van der Waals surface area contributed by atoms with Crippen molar-refractivity contribution in [1.29, 1.82) is 0 Å². The van der Waals surface area contributed by atoms with Gasteiger partial charge < -0.3 is 15.4 Å². The summed E-state index contributed by atoms with van der Waals surface area (Å²) >= 11 is 11.3. The van der Waals surface area contributed by atoms with Gasteiger partial charge in [-0.3, -0.25) is 4.68 Å². The van der Waals surface area contributed by atoms with Gasteiger partial charge in [-0.2, -0.15) is 5.10 Å². The third kappa shape index (κ3) is 5.46. The van der Waals surface area contributed by atoms with Crippen LogP contribution in [0.15, 0.2) is 30.5 Å². The molecule has 0 aliphatic rings. The summed E-state index contributed by atoms with van der Waals surface area (Å²) in [4.78, 5) is 0. The van der Waals surface area contributed by atoms with Crippen molar-refractivity contribution < 1.29 is 9.13 Å². The molecular weight excluding hydrogens is 339 g/mol. The van der Waals surface area contributed by atoms with Crippen molar-refractivity contribution in [3.05, 3.63) is 46.9 Å². The van der Waals surface area contributed by atoms with Gasteiger partial charge in [0.05, 0.1) is 6.54 Å². The van der Waals surface area contributed by atoms with E-state index in [9.17, 15) is 4.39 Å². The number of hydrogen-bond acceptors (Lipinski definition) is 3. The van der Waals surface area contributed by atoms with Crippen LogP contribution in [0.25, 0.3) is 0 Å². The maximum Gasteiger partial charge on any atom is 0.173 e. The lowest BCUT2D eigenvalue weighted by Gasteiger charge is -2.08. The molecule has 0 spiro atoms. The quantitative estimate of drug-likeness (QED) is 0.590. The van der Waals surface area contributed by atoms with Crippen molar-refractivity contribution in [2.24, 2.45) is 0 Å². The molecule has 0 radical (unpaired) electrons. The molecular formula is C15H18ClFN4OS. The summed E-state index contributed by atoms with van der Waals surface area (Å²) in [5.41, 5.74) is 0.540. The Balaban J connectivity index is 1.93. The Morgan fingerprint density at radius 1 is 1.43 bits per heavy atom. The summed E-state index contributed by atoms with van der Waals surface area (Å²) in [7, 11) is 1.65. The Labute approximate surface area is 144 Å². The van der Waals surface area contributed by atoms with Gasteiger partial charge in [0.2, 0.25) is 0 Å². The van der Waals surface area contributed by atoms with E-state index < -0.39 is 0 Å². The Hall–Kier alpha value is -1.70. The number of methoxy groups -OCH3 is 1. The highest BCUT2D eigenvalue weighted by Crippen LogP contribution is 2.20. The van der Waals surface area contributed by atoms with Crippen LogP contribution in [-0.4, -0.2) is 35.2 Å². The molecule has 0 saturated carbocycles. The van der Waals surface area contributed by atoms with Gasteiger partial charge in [-0.15, -0.1) is 0 Å². The van der Waals surface area contributed by atoms with Crippen molar-refractivity contribution in [2.75, 3.05) is 25.6 Å². The molecule has 8 heteroatoms. The number of nitrogens with one attached hydrogen (secondary N) is 2. The highest BCUT2D eigenvalue weighted by Gasteiger charge is 2.10. The van der Waals surface area contributed by atoms with E-state index >= 15 is 0 Å². The predicted octanol–water partition coefficient (Wildman–Crippen LogP) is 3.05. The zero-order valence-electron chi connectivity index (χ0n) is 12.7. The molecule has 1 aromatic heterocycles. The maximum atomic E-state index is 13.7. The Morgan fingerprint density at radius 3 is 2.96 bits per heavy atom. The monoisotopic (exact) mass is 356 g/mol. The van der Waals surface area contributed by atoms with E-state index in [-0.39, 0.29) is 5.82 Å². The Morgan fingerprint density at radius 2 is 2.22 bits per heavy atom. The summed E-state index contributed by atoms with van der Waals surface area (Å²) in [5.74, 6) is 0.163. The van der Waals surface area contributed by atoms with Gasteiger partial charge >= 0.3 is 0 Å². The van der Waals surface area contributed by atoms with E-state index in [1.54, 1.807) is 36.2 Å². The lowest BCUT2D eigenvalue weighted by molar-refractivity contribution is 0.196. The molecule has 2 rings (SSSR count). The first-order valence-electron chi connectivity index (χ1n) is 7.10. The second kappa shape index (κ2) is 8.81. The van der Waals surface area contributed by atoms with Crippen molar-refractivity contribution in [3.63, 3.8) is 0 Å². The first-order valence-corrected chi connectivity index (χ1v) is 7.89. The van der Waals surface area contributed by atoms with Crippen molar-refractivity contribution in [1.82, 2.24) is 15.1 Å². The second-order valence-corrected chi connectivity index (χ2v) is 5.66. The van der Waals surface area contributed by atoms with Crippen LogP contribution >= 0.6 is 23.8 Å². The number of thiocarbonyl (C=S) groups is 1. The Kier molecular flexibility index (Phi) is 6.76. The summed E-state index contributed by atoms with van der Waals surface area (Å²) in [6.07, 6.45) is 2.47. The molecule has 0 fully saturated rings. The SMILES string of the molecule is COCCCNC(=S)Nc1nn(Cc2ccccc2F)cc1Cl. The summed E-state index contributed by atoms with van der Waals surface area (Å²) in [5, 5.41) is 11.1. The summed E-state index contributed by atoms with van der Waals surface area (Å²) in [6, 6.07) is 6.55. The minimum Gasteiger partial charge on any atom is -0.385 e. The number of rotatable bonds is 7. The maximum absolute atomic E-state index is 13.7. The van der Waals surface area contributed by atoms with Crippen molar-refractivity contribution in [2.45, 2.75) is 13.0 Å². The number of benzene rings is 1. The van der Waals surface area contributed by atoms with Crippen LogP contribution in [0.5, 0.6) is 0 Å². The van der Waals surface area contributed by atoms with Gasteiger partial charge in [0.25, 0.3) is 0 Å². The molecule has 0 saturated heterocycles. The molecule has 0 aliphatic carbocycles. The summed E-state index contributed by atoms with van der Waals surface area (Å²) in [6.45, 7) is 1.64. The minimum absolute atomic E-state index is 0.274. The van der Waals surface area contributed by atoms with E-state index in [1.807, 2.05) is 0 Å². The normalized spacial score (nSPS) is 10.6. The standard InChI is InChI=1S/C15H18ClFN4OS/c1-22-8-4-7-18-15(23)19-14-12(16)10-21(20-14)9-11-5-2-3-6-13(11)17/h2-3,5-6,10H,4,7-9H2,1H3,(H2,18,19,20,23). The number of nitrogens with zero attached hydrogens (tertiary/aromatic N) is 2. The zero-order valence-corrected chi connectivity index (χ0v) is 14.3. The molecule has 0 atom stereocenters. The molecule has 0 bridgehead atoms. The first kappa shape index (κ1) is 17.7. The number of halogens is 2. The van der Waals surface area contributed by atoms with Crippen LogP contribution in [0.4, 0.5) is 10.2 Å². The number of hydrogen-bond donors (Lipinski definition) is 2. The molecule has 23 heavy (non-hydrogen) atoms. The van der Waals surface area contributed by atoms with Gasteiger partial charge in [0, 0.05) is 32.0 Å². The highest BCUT2D eigenvalue weighted by molar-refractivity contribution is 7.80. The first-order chi connectivity index (χ1) is 11.1. The lowest BCUT2D eigenvalue weighted by atomic mass is 10.2. The smallest absolute Gasteiger partial charge is 0.173 e. The van der Waals surface area contributed by atoms with Crippen LogP contribution in [0, 0.1) is 5.82 Å². The second-order valence-electron chi connectivity index (χ2n) is 4.84. The average Bonchev–Trinajstić information content (AvgIpc) is 2.86. The lowest BCUT2D eigenvalue weighted by Crippen LogP contribution is -2.30. The van der Waals surface area contributed by atoms with Gasteiger partial charge in [-0.05, 0) is 24.7 Å². The fourth-order valence-corrected chi connectivity index (χ4v) is 2.33.